The largest absolute Gasteiger partial charge is 0.394 e. The fourth-order valence-electron chi connectivity index (χ4n) is 2.39. The summed E-state index contributed by atoms with van der Waals surface area (Å²) in [4.78, 5) is 2.35. The molecule has 0 heterocycles. The van der Waals surface area contributed by atoms with Gasteiger partial charge in [0.2, 0.25) is 0 Å². The van der Waals surface area contributed by atoms with Gasteiger partial charge < -0.3 is 15.7 Å². The smallest absolute Gasteiger partial charge is 0.0626 e. The molecule has 0 saturated heterocycles. The van der Waals surface area contributed by atoms with E-state index in [0.29, 0.717) is 5.92 Å². The van der Waals surface area contributed by atoms with E-state index in [1.54, 1.807) is 0 Å². The first kappa shape index (κ1) is 10.4. The lowest BCUT2D eigenvalue weighted by Crippen LogP contribution is -2.56. The van der Waals surface area contributed by atoms with E-state index in [1.165, 1.54) is 32.1 Å². The summed E-state index contributed by atoms with van der Waals surface area (Å²) in [5.74, 6) is 0.565. The molecule has 1 unspecified atom stereocenters. The Morgan fingerprint density at radius 1 is 1.36 bits per heavy atom. The van der Waals surface area contributed by atoms with Crippen LogP contribution in [0, 0.1) is 5.92 Å². The molecule has 1 atom stereocenters. The van der Waals surface area contributed by atoms with E-state index >= 15 is 0 Å². The van der Waals surface area contributed by atoms with E-state index in [0.717, 1.165) is 12.6 Å². The van der Waals surface area contributed by atoms with Crippen LogP contribution >= 0.6 is 0 Å². The van der Waals surface area contributed by atoms with Crippen LogP contribution in [-0.2, 0) is 0 Å². The average Bonchev–Trinajstić information content (AvgIpc) is 2.82. The molecule has 0 aliphatic heterocycles. The zero-order valence-electron chi connectivity index (χ0n) is 9.08. The molecule has 0 aromatic carbocycles. The number of aliphatic hydroxyl groups excluding tert-OH is 1. The molecule has 0 bridgehead atoms. The summed E-state index contributed by atoms with van der Waals surface area (Å²) in [6.07, 6.45) is 6.38. The zero-order valence-corrected chi connectivity index (χ0v) is 9.08. The summed E-state index contributed by atoms with van der Waals surface area (Å²) in [5, 5.41) is 9.37. The predicted molar refractivity (Wildman–Crippen MR) is 57.0 cm³/mol. The minimum absolute atomic E-state index is 0.134. The summed E-state index contributed by atoms with van der Waals surface area (Å²) in [6.45, 7) is 0.994. The van der Waals surface area contributed by atoms with E-state index in [2.05, 4.69) is 11.9 Å². The van der Waals surface area contributed by atoms with Crippen molar-refractivity contribution in [2.45, 2.75) is 43.7 Å². The summed E-state index contributed by atoms with van der Waals surface area (Å²) in [5.41, 5.74) is 5.90. The van der Waals surface area contributed by atoms with Crippen molar-refractivity contribution in [3.63, 3.8) is 0 Å². The Labute approximate surface area is 86.3 Å². The average molecular weight is 198 g/mol. The van der Waals surface area contributed by atoms with E-state index in [1.807, 2.05) is 0 Å². The number of aliphatic hydroxyl groups is 1. The Hall–Kier alpha value is -0.120. The maximum atomic E-state index is 9.37. The second-order valence-corrected chi connectivity index (χ2v) is 5.17. The van der Waals surface area contributed by atoms with Crippen molar-refractivity contribution < 1.29 is 5.11 Å². The summed E-state index contributed by atoms with van der Waals surface area (Å²) < 4.78 is 0. The second-order valence-electron chi connectivity index (χ2n) is 5.17. The molecular weight excluding hydrogens is 176 g/mol. The van der Waals surface area contributed by atoms with Gasteiger partial charge in [-0.15, -0.1) is 0 Å². The molecule has 0 aromatic rings. The molecular formula is C11H22N2O. The van der Waals surface area contributed by atoms with Crippen LogP contribution in [0.2, 0.25) is 0 Å². The standard InChI is InChI=1S/C11H22N2O/c1-13(10-3-2-4-10)7-11(12,8-14)9-5-6-9/h9-10,14H,2-8,12H2,1H3. The minimum Gasteiger partial charge on any atom is -0.394 e. The number of rotatable bonds is 5. The third kappa shape index (κ3) is 1.95. The van der Waals surface area contributed by atoms with Gasteiger partial charge in [0.05, 0.1) is 12.1 Å². The van der Waals surface area contributed by atoms with Crippen LogP contribution in [0.5, 0.6) is 0 Å². The first-order valence-electron chi connectivity index (χ1n) is 5.76. The van der Waals surface area contributed by atoms with Crippen LogP contribution in [-0.4, -0.2) is 41.8 Å². The summed E-state index contributed by atoms with van der Waals surface area (Å²) in [7, 11) is 2.14. The molecule has 82 valence electrons. The van der Waals surface area contributed by atoms with Crippen molar-refractivity contribution in [3.8, 4) is 0 Å². The number of nitrogens with zero attached hydrogens (tertiary/aromatic N) is 1. The molecule has 2 aliphatic rings. The van der Waals surface area contributed by atoms with Gasteiger partial charge >= 0.3 is 0 Å². The zero-order chi connectivity index (χ0) is 10.2. The molecule has 3 nitrogen and oxygen atoms in total. The highest BCUT2D eigenvalue weighted by atomic mass is 16.3. The van der Waals surface area contributed by atoms with Crippen LogP contribution in [0.3, 0.4) is 0 Å². The molecule has 0 radical (unpaired) electrons. The molecule has 2 aliphatic carbocycles. The first-order valence-corrected chi connectivity index (χ1v) is 5.76. The molecule has 2 rings (SSSR count). The fourth-order valence-corrected chi connectivity index (χ4v) is 2.39. The molecule has 0 spiro atoms. The van der Waals surface area contributed by atoms with Gasteiger partial charge in [0.15, 0.2) is 0 Å². The lowest BCUT2D eigenvalue weighted by molar-refractivity contribution is 0.0848. The Morgan fingerprint density at radius 3 is 2.36 bits per heavy atom. The van der Waals surface area contributed by atoms with Gasteiger partial charge in [0, 0.05) is 12.6 Å². The molecule has 3 heteroatoms. The quantitative estimate of drug-likeness (QED) is 0.679. The van der Waals surface area contributed by atoms with Crippen molar-refractivity contribution in [3.05, 3.63) is 0 Å². The highest BCUT2D eigenvalue weighted by Crippen LogP contribution is 2.39. The van der Waals surface area contributed by atoms with Gasteiger partial charge in [-0.05, 0) is 38.6 Å². The van der Waals surface area contributed by atoms with Crippen molar-refractivity contribution >= 4 is 0 Å². The Bertz CT molecular complexity index is 201. The maximum absolute atomic E-state index is 9.37. The van der Waals surface area contributed by atoms with E-state index in [-0.39, 0.29) is 12.1 Å². The number of nitrogens with two attached hydrogens (primary N) is 1. The monoisotopic (exact) mass is 198 g/mol. The van der Waals surface area contributed by atoms with E-state index in [4.69, 9.17) is 5.73 Å². The Balaban J connectivity index is 1.86. The highest BCUT2D eigenvalue weighted by molar-refractivity contribution is 5.01. The third-order valence-electron chi connectivity index (χ3n) is 3.93. The molecule has 2 fully saturated rings. The Morgan fingerprint density at radius 2 is 2.00 bits per heavy atom. The van der Waals surface area contributed by atoms with Crippen molar-refractivity contribution in [2.24, 2.45) is 11.7 Å². The lowest BCUT2D eigenvalue weighted by atomic mass is 9.88. The fraction of sp³-hybridized carbons (Fsp3) is 1.00. The van der Waals surface area contributed by atoms with Crippen LogP contribution in [0.1, 0.15) is 32.1 Å². The summed E-state index contributed by atoms with van der Waals surface area (Å²) >= 11 is 0. The first-order chi connectivity index (χ1) is 6.65. The lowest BCUT2D eigenvalue weighted by Gasteiger charge is -2.40. The minimum atomic E-state index is -0.329. The number of hydrogen-bond donors (Lipinski definition) is 2. The number of likely N-dealkylation sites (N-methyl/N-ethyl adjacent to an activating group) is 1. The maximum Gasteiger partial charge on any atom is 0.0626 e. The molecule has 0 amide bonds. The predicted octanol–water partition coefficient (Wildman–Crippen LogP) is 0.570. The normalized spacial score (nSPS) is 27.4. The SMILES string of the molecule is CN(CC(N)(CO)C1CC1)C1CCC1. The van der Waals surface area contributed by atoms with Gasteiger partial charge in [0.1, 0.15) is 0 Å². The third-order valence-corrected chi connectivity index (χ3v) is 3.93. The van der Waals surface area contributed by atoms with Crippen LogP contribution in [0.25, 0.3) is 0 Å². The number of hydrogen-bond acceptors (Lipinski definition) is 3. The van der Waals surface area contributed by atoms with Gasteiger partial charge in [-0.1, -0.05) is 6.42 Å². The van der Waals surface area contributed by atoms with Crippen molar-refractivity contribution in [1.82, 2.24) is 4.90 Å². The topological polar surface area (TPSA) is 49.5 Å². The van der Waals surface area contributed by atoms with Crippen molar-refractivity contribution in [1.29, 1.82) is 0 Å². The Kier molecular flexibility index (Phi) is 2.82. The van der Waals surface area contributed by atoms with Gasteiger partial charge in [-0.2, -0.15) is 0 Å². The van der Waals surface area contributed by atoms with E-state index in [9.17, 15) is 5.11 Å². The van der Waals surface area contributed by atoms with Gasteiger partial charge in [-0.25, -0.2) is 0 Å². The van der Waals surface area contributed by atoms with Gasteiger partial charge in [-0.3, -0.25) is 0 Å². The molecule has 3 N–H and O–H groups in total. The second kappa shape index (κ2) is 3.80. The molecule has 0 aromatic heterocycles. The molecule has 2 saturated carbocycles. The highest BCUT2D eigenvalue weighted by Gasteiger charge is 2.43. The summed E-state index contributed by atoms with van der Waals surface area (Å²) in [6, 6.07) is 0.725. The van der Waals surface area contributed by atoms with Crippen LogP contribution in [0.4, 0.5) is 0 Å². The van der Waals surface area contributed by atoms with Crippen LogP contribution in [0.15, 0.2) is 0 Å². The van der Waals surface area contributed by atoms with Crippen molar-refractivity contribution in [2.75, 3.05) is 20.2 Å². The molecule has 14 heavy (non-hydrogen) atoms. The van der Waals surface area contributed by atoms with Gasteiger partial charge in [0.25, 0.3) is 0 Å². The van der Waals surface area contributed by atoms with Crippen LogP contribution < -0.4 is 5.73 Å². The van der Waals surface area contributed by atoms with E-state index < -0.39 is 0 Å².